The molecule has 0 aliphatic carbocycles. The molecule has 0 unspecified atom stereocenters. The first-order valence-electron chi connectivity index (χ1n) is 9.17. The number of thiazole rings is 1. The summed E-state index contributed by atoms with van der Waals surface area (Å²) in [5, 5.41) is 3.34. The standard InChI is InChI=1S/C21H25N3OS/c1-16-6-7-21(25-16)19-5-3-4-18(12-19)13-23-8-10-24(11-9-23)14-20-15-26-17(2)22-20/h3-7,12,15H,8-11,13-14H2,1-2H3. The van der Waals surface area contributed by atoms with E-state index in [0.717, 1.165) is 61.4 Å². The van der Waals surface area contributed by atoms with Crippen molar-refractivity contribution in [2.45, 2.75) is 26.9 Å². The van der Waals surface area contributed by atoms with Crippen molar-refractivity contribution in [1.29, 1.82) is 0 Å². The molecule has 1 fully saturated rings. The van der Waals surface area contributed by atoms with Crippen LogP contribution in [0, 0.1) is 13.8 Å². The van der Waals surface area contributed by atoms with E-state index in [2.05, 4.69) is 51.4 Å². The van der Waals surface area contributed by atoms with Crippen molar-refractivity contribution in [3.05, 3.63) is 63.8 Å². The average Bonchev–Trinajstić information content (AvgIpc) is 3.25. The molecule has 1 aromatic carbocycles. The van der Waals surface area contributed by atoms with Crippen LogP contribution in [-0.4, -0.2) is 41.0 Å². The Morgan fingerprint density at radius 3 is 2.42 bits per heavy atom. The van der Waals surface area contributed by atoms with E-state index in [1.54, 1.807) is 11.3 Å². The van der Waals surface area contributed by atoms with Crippen molar-refractivity contribution >= 4 is 11.3 Å². The Bertz CT molecular complexity index is 862. The Hall–Kier alpha value is -1.95. The zero-order valence-electron chi connectivity index (χ0n) is 15.4. The van der Waals surface area contributed by atoms with E-state index in [0.29, 0.717) is 0 Å². The molecule has 3 aromatic rings. The Morgan fingerprint density at radius 2 is 1.77 bits per heavy atom. The third-order valence-corrected chi connectivity index (χ3v) is 5.70. The van der Waals surface area contributed by atoms with Crippen LogP contribution < -0.4 is 0 Å². The van der Waals surface area contributed by atoms with Gasteiger partial charge < -0.3 is 4.42 Å². The number of hydrogen-bond donors (Lipinski definition) is 0. The summed E-state index contributed by atoms with van der Waals surface area (Å²) in [6.07, 6.45) is 0. The molecule has 1 aliphatic rings. The van der Waals surface area contributed by atoms with E-state index in [4.69, 9.17) is 4.42 Å². The summed E-state index contributed by atoms with van der Waals surface area (Å²) in [7, 11) is 0. The largest absolute Gasteiger partial charge is 0.461 e. The molecule has 3 heterocycles. The zero-order valence-corrected chi connectivity index (χ0v) is 16.3. The molecule has 0 bridgehead atoms. The topological polar surface area (TPSA) is 32.5 Å². The molecule has 0 spiro atoms. The van der Waals surface area contributed by atoms with Crippen molar-refractivity contribution < 1.29 is 4.42 Å². The predicted octanol–water partition coefficient (Wildman–Crippen LogP) is 4.34. The highest BCUT2D eigenvalue weighted by Gasteiger charge is 2.18. The van der Waals surface area contributed by atoms with Crippen LogP contribution in [-0.2, 0) is 13.1 Å². The number of rotatable bonds is 5. The number of furan rings is 1. The lowest BCUT2D eigenvalue weighted by Crippen LogP contribution is -2.45. The first-order valence-corrected chi connectivity index (χ1v) is 10.1. The first-order chi connectivity index (χ1) is 12.7. The number of nitrogens with zero attached hydrogens (tertiary/aromatic N) is 3. The third kappa shape index (κ3) is 4.23. The summed E-state index contributed by atoms with van der Waals surface area (Å²) in [6, 6.07) is 12.8. The fraction of sp³-hybridized carbons (Fsp3) is 0.381. The normalized spacial score (nSPS) is 16.2. The maximum absolute atomic E-state index is 5.76. The smallest absolute Gasteiger partial charge is 0.134 e. The van der Waals surface area contributed by atoms with Gasteiger partial charge in [0.2, 0.25) is 0 Å². The Labute approximate surface area is 159 Å². The van der Waals surface area contributed by atoms with Crippen LogP contribution in [0.3, 0.4) is 0 Å². The molecular weight excluding hydrogens is 342 g/mol. The second-order valence-electron chi connectivity index (χ2n) is 7.02. The van der Waals surface area contributed by atoms with Gasteiger partial charge >= 0.3 is 0 Å². The van der Waals surface area contributed by atoms with Crippen LogP contribution in [0.2, 0.25) is 0 Å². The first kappa shape index (κ1) is 17.5. The molecular formula is C21H25N3OS. The van der Waals surface area contributed by atoms with E-state index in [9.17, 15) is 0 Å². The van der Waals surface area contributed by atoms with Gasteiger partial charge in [-0.05, 0) is 37.6 Å². The van der Waals surface area contributed by atoms with Crippen LogP contribution in [0.4, 0.5) is 0 Å². The van der Waals surface area contributed by atoms with Gasteiger partial charge in [-0.2, -0.15) is 0 Å². The van der Waals surface area contributed by atoms with Gasteiger partial charge in [0, 0.05) is 50.2 Å². The number of aryl methyl sites for hydroxylation is 2. The summed E-state index contributed by atoms with van der Waals surface area (Å²) in [5.74, 6) is 1.91. The second-order valence-corrected chi connectivity index (χ2v) is 8.08. The van der Waals surface area contributed by atoms with E-state index in [1.165, 1.54) is 11.3 Å². The predicted molar refractivity (Wildman–Crippen MR) is 106 cm³/mol. The van der Waals surface area contributed by atoms with Gasteiger partial charge in [-0.15, -0.1) is 11.3 Å². The van der Waals surface area contributed by atoms with Crippen molar-refractivity contribution in [3.8, 4) is 11.3 Å². The van der Waals surface area contributed by atoms with Crippen molar-refractivity contribution in [2.24, 2.45) is 0 Å². The molecule has 5 heteroatoms. The van der Waals surface area contributed by atoms with Crippen molar-refractivity contribution in [2.75, 3.05) is 26.2 Å². The SMILES string of the molecule is Cc1ccc(-c2cccc(CN3CCN(Cc4csc(C)n4)CC3)c2)o1. The molecule has 1 saturated heterocycles. The second kappa shape index (κ2) is 7.74. The third-order valence-electron chi connectivity index (χ3n) is 4.88. The zero-order chi connectivity index (χ0) is 17.9. The Morgan fingerprint density at radius 1 is 1.00 bits per heavy atom. The molecule has 4 rings (SSSR count). The van der Waals surface area contributed by atoms with Crippen LogP contribution in [0.25, 0.3) is 11.3 Å². The number of benzene rings is 1. The highest BCUT2D eigenvalue weighted by atomic mass is 32.1. The van der Waals surface area contributed by atoms with Gasteiger partial charge in [0.1, 0.15) is 11.5 Å². The molecule has 1 aliphatic heterocycles. The molecule has 136 valence electrons. The molecule has 0 atom stereocenters. The summed E-state index contributed by atoms with van der Waals surface area (Å²) >= 11 is 1.74. The lowest BCUT2D eigenvalue weighted by atomic mass is 10.1. The number of aromatic nitrogens is 1. The van der Waals surface area contributed by atoms with Gasteiger partial charge in [-0.3, -0.25) is 9.80 Å². The summed E-state index contributed by atoms with van der Waals surface area (Å²) in [4.78, 5) is 9.63. The minimum absolute atomic E-state index is 0.952. The highest BCUT2D eigenvalue weighted by Crippen LogP contribution is 2.23. The number of piperazine rings is 1. The van der Waals surface area contributed by atoms with E-state index in [1.807, 2.05) is 19.1 Å². The fourth-order valence-electron chi connectivity index (χ4n) is 3.49. The molecule has 26 heavy (non-hydrogen) atoms. The highest BCUT2D eigenvalue weighted by molar-refractivity contribution is 7.09. The summed E-state index contributed by atoms with van der Waals surface area (Å²) in [6.45, 7) is 10.5. The summed E-state index contributed by atoms with van der Waals surface area (Å²) < 4.78 is 5.76. The monoisotopic (exact) mass is 367 g/mol. The molecule has 0 amide bonds. The maximum Gasteiger partial charge on any atom is 0.134 e. The van der Waals surface area contributed by atoms with E-state index >= 15 is 0 Å². The van der Waals surface area contributed by atoms with Crippen LogP contribution in [0.5, 0.6) is 0 Å². The average molecular weight is 368 g/mol. The van der Waals surface area contributed by atoms with Gasteiger partial charge in [-0.25, -0.2) is 4.98 Å². The van der Waals surface area contributed by atoms with Gasteiger partial charge in [0.15, 0.2) is 0 Å². The molecule has 0 saturated carbocycles. The molecule has 2 aromatic heterocycles. The maximum atomic E-state index is 5.76. The van der Waals surface area contributed by atoms with Crippen LogP contribution in [0.1, 0.15) is 22.0 Å². The van der Waals surface area contributed by atoms with Crippen molar-refractivity contribution in [3.63, 3.8) is 0 Å². The molecule has 4 nitrogen and oxygen atoms in total. The fourth-order valence-corrected chi connectivity index (χ4v) is 4.09. The summed E-state index contributed by atoms with van der Waals surface area (Å²) in [5.41, 5.74) is 3.72. The van der Waals surface area contributed by atoms with Gasteiger partial charge in [0.25, 0.3) is 0 Å². The molecule has 0 radical (unpaired) electrons. The van der Waals surface area contributed by atoms with E-state index in [-0.39, 0.29) is 0 Å². The Kier molecular flexibility index (Phi) is 5.20. The molecule has 0 N–H and O–H groups in total. The van der Waals surface area contributed by atoms with Crippen LogP contribution >= 0.6 is 11.3 Å². The van der Waals surface area contributed by atoms with Crippen LogP contribution in [0.15, 0.2) is 46.2 Å². The van der Waals surface area contributed by atoms with Gasteiger partial charge in [-0.1, -0.05) is 18.2 Å². The minimum Gasteiger partial charge on any atom is -0.461 e. The lowest BCUT2D eigenvalue weighted by molar-refractivity contribution is 0.121. The Balaban J connectivity index is 1.33. The quantitative estimate of drug-likeness (QED) is 0.672. The van der Waals surface area contributed by atoms with E-state index < -0.39 is 0 Å². The van der Waals surface area contributed by atoms with Gasteiger partial charge in [0.05, 0.1) is 10.7 Å². The van der Waals surface area contributed by atoms with Crippen molar-refractivity contribution in [1.82, 2.24) is 14.8 Å². The number of hydrogen-bond acceptors (Lipinski definition) is 5. The lowest BCUT2D eigenvalue weighted by Gasteiger charge is -2.34. The minimum atomic E-state index is 0.952.